The Labute approximate surface area is 199 Å². The fourth-order valence-corrected chi connectivity index (χ4v) is 3.60. The van der Waals surface area contributed by atoms with Gasteiger partial charge in [-0.2, -0.15) is 0 Å². The van der Waals surface area contributed by atoms with Crippen LogP contribution in [0.25, 0.3) is 0 Å². The summed E-state index contributed by atoms with van der Waals surface area (Å²) in [5.41, 5.74) is 1.78. The minimum absolute atomic E-state index is 0.0476. The van der Waals surface area contributed by atoms with Gasteiger partial charge in [-0.1, -0.05) is 29.3 Å². The molecule has 0 saturated heterocycles. The first-order valence-electron chi connectivity index (χ1n) is 9.74. The largest absolute Gasteiger partial charge is 0.497 e. The first-order valence-corrected chi connectivity index (χ1v) is 10.5. The maximum Gasteiger partial charge on any atom is 0.283 e. The Kier molecular flexibility index (Phi) is 6.35. The van der Waals surface area contributed by atoms with Crippen LogP contribution in [0.15, 0.2) is 83.5 Å². The van der Waals surface area contributed by atoms with Gasteiger partial charge in [-0.15, -0.1) is 0 Å². The van der Waals surface area contributed by atoms with Crippen LogP contribution in [0.5, 0.6) is 5.75 Å². The molecule has 33 heavy (non-hydrogen) atoms. The molecule has 7 nitrogen and oxygen atoms in total. The number of benzene rings is 3. The molecule has 0 saturated carbocycles. The predicted octanol–water partition coefficient (Wildman–Crippen LogP) is 5.04. The summed E-state index contributed by atoms with van der Waals surface area (Å²) in [7, 11) is 1.52. The summed E-state index contributed by atoms with van der Waals surface area (Å²) in [6.45, 7) is 0. The molecule has 4 rings (SSSR count). The van der Waals surface area contributed by atoms with Crippen molar-refractivity contribution in [3.8, 4) is 5.75 Å². The van der Waals surface area contributed by atoms with E-state index in [1.54, 1.807) is 72.8 Å². The van der Waals surface area contributed by atoms with Crippen molar-refractivity contribution in [3.05, 3.63) is 94.1 Å². The molecule has 1 heterocycles. The van der Waals surface area contributed by atoms with E-state index in [1.807, 2.05) is 0 Å². The molecule has 0 aliphatic carbocycles. The summed E-state index contributed by atoms with van der Waals surface area (Å²) in [4.78, 5) is 38.9. The first kappa shape index (κ1) is 22.4. The Morgan fingerprint density at radius 3 is 2.21 bits per heavy atom. The molecule has 1 aliphatic heterocycles. The third-order valence-corrected chi connectivity index (χ3v) is 5.44. The van der Waals surface area contributed by atoms with Gasteiger partial charge in [0.15, 0.2) is 0 Å². The average molecular weight is 482 g/mol. The zero-order chi connectivity index (χ0) is 23.5. The second-order valence-electron chi connectivity index (χ2n) is 7.00. The summed E-state index contributed by atoms with van der Waals surface area (Å²) in [5, 5.41) is 5.92. The highest BCUT2D eigenvalue weighted by atomic mass is 35.5. The van der Waals surface area contributed by atoms with Crippen molar-refractivity contribution in [1.82, 2.24) is 0 Å². The molecule has 2 N–H and O–H groups in total. The number of nitrogens with zero attached hydrogens (tertiary/aromatic N) is 1. The van der Waals surface area contributed by atoms with E-state index >= 15 is 0 Å². The lowest BCUT2D eigenvalue weighted by atomic mass is 10.2. The van der Waals surface area contributed by atoms with E-state index in [2.05, 4.69) is 10.6 Å². The highest BCUT2D eigenvalue weighted by Gasteiger charge is 2.38. The normalized spacial score (nSPS) is 13.4. The molecule has 9 heteroatoms. The topological polar surface area (TPSA) is 87.7 Å². The Hall–Kier alpha value is -3.81. The Balaban J connectivity index is 1.47. The van der Waals surface area contributed by atoms with E-state index < -0.39 is 11.8 Å². The number of halogens is 2. The molecule has 0 bridgehead atoms. The third-order valence-electron chi connectivity index (χ3n) is 4.86. The highest BCUT2D eigenvalue weighted by Crippen LogP contribution is 2.31. The number of hydrogen-bond acceptors (Lipinski definition) is 5. The van der Waals surface area contributed by atoms with Crippen LogP contribution in [0.1, 0.15) is 10.4 Å². The zero-order valence-corrected chi connectivity index (χ0v) is 18.8. The zero-order valence-electron chi connectivity index (χ0n) is 17.3. The van der Waals surface area contributed by atoms with Gasteiger partial charge in [0, 0.05) is 22.0 Å². The maximum atomic E-state index is 12.9. The smallest absolute Gasteiger partial charge is 0.283 e. The Morgan fingerprint density at radius 1 is 0.879 bits per heavy atom. The Bertz CT molecular complexity index is 1270. The van der Waals surface area contributed by atoms with Crippen LogP contribution >= 0.6 is 23.2 Å². The van der Waals surface area contributed by atoms with Gasteiger partial charge < -0.3 is 15.4 Å². The lowest BCUT2D eigenvalue weighted by Crippen LogP contribution is -2.32. The first-order chi connectivity index (χ1) is 15.9. The molecule has 3 aromatic rings. The molecule has 0 aromatic heterocycles. The average Bonchev–Trinajstić information content (AvgIpc) is 3.02. The number of anilines is 3. The van der Waals surface area contributed by atoms with Gasteiger partial charge in [0.1, 0.15) is 16.5 Å². The molecule has 1 aliphatic rings. The van der Waals surface area contributed by atoms with Crippen molar-refractivity contribution in [2.24, 2.45) is 0 Å². The second kappa shape index (κ2) is 9.36. The van der Waals surface area contributed by atoms with Crippen LogP contribution in [0.2, 0.25) is 5.02 Å². The number of rotatable bonds is 6. The van der Waals surface area contributed by atoms with E-state index in [0.717, 1.165) is 4.90 Å². The van der Waals surface area contributed by atoms with Gasteiger partial charge >= 0.3 is 0 Å². The number of nitrogens with one attached hydrogen (secondary N) is 2. The highest BCUT2D eigenvalue weighted by molar-refractivity contribution is 6.53. The number of amides is 3. The van der Waals surface area contributed by atoms with Gasteiger partial charge in [-0.3, -0.25) is 14.4 Å². The molecule has 0 radical (unpaired) electrons. The van der Waals surface area contributed by atoms with Gasteiger partial charge in [0.2, 0.25) is 0 Å². The third kappa shape index (κ3) is 4.69. The van der Waals surface area contributed by atoms with Crippen LogP contribution in [0.4, 0.5) is 17.1 Å². The molecule has 0 fully saturated rings. The van der Waals surface area contributed by atoms with Crippen LogP contribution in [0.3, 0.4) is 0 Å². The summed E-state index contributed by atoms with van der Waals surface area (Å²) in [5.74, 6) is -0.946. The van der Waals surface area contributed by atoms with Crippen molar-refractivity contribution in [1.29, 1.82) is 0 Å². The number of hydrogen-bond donors (Lipinski definition) is 2. The lowest BCUT2D eigenvalue weighted by Gasteiger charge is -2.15. The molecular weight excluding hydrogens is 465 g/mol. The number of imide groups is 1. The minimum Gasteiger partial charge on any atom is -0.497 e. The number of ether oxygens (including phenoxy) is 1. The predicted molar refractivity (Wildman–Crippen MR) is 128 cm³/mol. The number of methoxy groups -OCH3 is 1. The van der Waals surface area contributed by atoms with Crippen LogP contribution in [-0.2, 0) is 9.59 Å². The number of carbonyl (C=O) groups is 3. The van der Waals surface area contributed by atoms with Crippen LogP contribution in [-0.4, -0.2) is 24.8 Å². The molecule has 0 unspecified atom stereocenters. The van der Waals surface area contributed by atoms with Crippen molar-refractivity contribution in [2.75, 3.05) is 22.6 Å². The van der Waals surface area contributed by atoms with Gasteiger partial charge in [0.25, 0.3) is 17.7 Å². The molecule has 166 valence electrons. The van der Waals surface area contributed by atoms with Crippen molar-refractivity contribution >= 4 is 58.0 Å². The lowest BCUT2D eigenvalue weighted by molar-refractivity contribution is -0.120. The summed E-state index contributed by atoms with van der Waals surface area (Å²) in [6, 6.07) is 19.7. The second-order valence-corrected chi connectivity index (χ2v) is 7.81. The summed E-state index contributed by atoms with van der Waals surface area (Å²) in [6.07, 6.45) is 0. The monoisotopic (exact) mass is 481 g/mol. The quantitative estimate of drug-likeness (QED) is 0.481. The van der Waals surface area contributed by atoms with Gasteiger partial charge in [0.05, 0.1) is 12.8 Å². The van der Waals surface area contributed by atoms with Crippen molar-refractivity contribution < 1.29 is 19.1 Å². The fourth-order valence-electron chi connectivity index (χ4n) is 3.20. The minimum atomic E-state index is -0.633. The molecule has 0 spiro atoms. The van der Waals surface area contributed by atoms with E-state index in [-0.39, 0.29) is 16.6 Å². The van der Waals surface area contributed by atoms with E-state index in [9.17, 15) is 14.4 Å². The van der Waals surface area contributed by atoms with E-state index in [1.165, 1.54) is 7.11 Å². The van der Waals surface area contributed by atoms with Crippen LogP contribution in [0, 0.1) is 0 Å². The summed E-state index contributed by atoms with van der Waals surface area (Å²) >= 11 is 12.1. The molecular formula is C24H17Cl2N3O4. The Morgan fingerprint density at radius 2 is 1.58 bits per heavy atom. The van der Waals surface area contributed by atoms with Crippen molar-refractivity contribution in [3.63, 3.8) is 0 Å². The van der Waals surface area contributed by atoms with Gasteiger partial charge in [-0.25, -0.2) is 4.90 Å². The SMILES string of the molecule is COc1ccc(N2C(=O)C(Cl)=C(Nc3ccc(C(=O)Nc4cccc(Cl)c4)cc3)C2=O)cc1. The molecule has 3 amide bonds. The summed E-state index contributed by atoms with van der Waals surface area (Å²) < 4.78 is 5.10. The molecule has 3 aromatic carbocycles. The standard InChI is InChI=1S/C24H17Cl2N3O4/c1-33-19-11-9-18(10-12-19)29-23(31)20(26)21(24(29)32)27-16-7-5-14(6-8-16)22(30)28-17-4-2-3-15(25)13-17/h2-13,27H,1H3,(H,28,30). The van der Waals surface area contributed by atoms with Crippen LogP contribution < -0.4 is 20.3 Å². The van der Waals surface area contributed by atoms with E-state index in [4.69, 9.17) is 27.9 Å². The maximum absolute atomic E-state index is 12.9. The van der Waals surface area contributed by atoms with Crippen molar-refractivity contribution in [2.45, 2.75) is 0 Å². The molecule has 0 atom stereocenters. The fraction of sp³-hybridized carbons (Fsp3) is 0.0417. The van der Waals surface area contributed by atoms with E-state index in [0.29, 0.717) is 33.4 Å². The van der Waals surface area contributed by atoms with Gasteiger partial charge in [-0.05, 0) is 66.7 Å². The number of carbonyl (C=O) groups excluding carboxylic acids is 3.